The van der Waals surface area contributed by atoms with Gasteiger partial charge in [0.2, 0.25) is 10.0 Å². The highest BCUT2D eigenvalue weighted by Gasteiger charge is 2.24. The summed E-state index contributed by atoms with van der Waals surface area (Å²) in [5, 5.41) is 6.29. The first kappa shape index (κ1) is 16.9. The molecule has 0 radical (unpaired) electrons. The number of thioether (sulfide) groups is 1. The summed E-state index contributed by atoms with van der Waals surface area (Å²) in [6.07, 6.45) is 2.54. The van der Waals surface area contributed by atoms with Gasteiger partial charge in [0.1, 0.15) is 0 Å². The van der Waals surface area contributed by atoms with Gasteiger partial charge in [-0.3, -0.25) is 4.99 Å². The van der Waals surface area contributed by atoms with Gasteiger partial charge >= 0.3 is 0 Å². The Morgan fingerprint density at radius 1 is 1.29 bits per heavy atom. The number of guanidine groups is 1. The summed E-state index contributed by atoms with van der Waals surface area (Å²) in [7, 11) is -3.14. The Labute approximate surface area is 132 Å². The van der Waals surface area contributed by atoms with Gasteiger partial charge in [0, 0.05) is 44.2 Å². The molecule has 1 saturated heterocycles. The Balaban J connectivity index is 1.75. The molecule has 1 heterocycles. The van der Waals surface area contributed by atoms with Crippen LogP contribution in [0.15, 0.2) is 4.99 Å². The average Bonchev–Trinajstić information content (AvgIpc) is 3.30. The smallest absolute Gasteiger partial charge is 0.215 e. The molecule has 1 aliphatic carbocycles. The molecule has 8 heteroatoms. The summed E-state index contributed by atoms with van der Waals surface area (Å²) in [6.45, 7) is 5.32. The van der Waals surface area contributed by atoms with E-state index in [9.17, 15) is 8.42 Å². The molecule has 1 aliphatic heterocycles. The highest BCUT2D eigenvalue weighted by atomic mass is 32.2. The first-order chi connectivity index (χ1) is 10.1. The zero-order chi connectivity index (χ0) is 15.1. The van der Waals surface area contributed by atoms with Crippen molar-refractivity contribution in [2.75, 3.05) is 50.0 Å². The van der Waals surface area contributed by atoms with Crippen molar-refractivity contribution >= 4 is 27.7 Å². The zero-order valence-electron chi connectivity index (χ0n) is 12.7. The van der Waals surface area contributed by atoms with Crippen molar-refractivity contribution in [3.05, 3.63) is 0 Å². The Bertz CT molecular complexity index is 443. The van der Waals surface area contributed by atoms with E-state index in [-0.39, 0.29) is 5.75 Å². The van der Waals surface area contributed by atoms with Crippen molar-refractivity contribution in [1.29, 1.82) is 0 Å². The minimum absolute atomic E-state index is 0.130. The lowest BCUT2D eigenvalue weighted by Crippen LogP contribution is -2.44. The molecule has 0 aromatic carbocycles. The van der Waals surface area contributed by atoms with E-state index in [1.54, 1.807) is 4.31 Å². The molecule has 0 atom stereocenters. The lowest BCUT2D eigenvalue weighted by atomic mass is 10.4. The second kappa shape index (κ2) is 8.24. The lowest BCUT2D eigenvalue weighted by Gasteiger charge is -2.25. The van der Waals surface area contributed by atoms with Crippen molar-refractivity contribution in [2.24, 2.45) is 10.9 Å². The lowest BCUT2D eigenvalue weighted by molar-refractivity contribution is 0.443. The van der Waals surface area contributed by atoms with E-state index in [1.165, 1.54) is 12.8 Å². The van der Waals surface area contributed by atoms with E-state index in [2.05, 4.69) is 15.6 Å². The van der Waals surface area contributed by atoms with Gasteiger partial charge in [0.15, 0.2) is 5.96 Å². The molecule has 0 spiro atoms. The van der Waals surface area contributed by atoms with Crippen LogP contribution in [0.2, 0.25) is 0 Å². The number of nitrogens with zero attached hydrogens (tertiary/aromatic N) is 2. The number of hydrogen-bond acceptors (Lipinski definition) is 4. The fraction of sp³-hybridized carbons (Fsp3) is 0.923. The van der Waals surface area contributed by atoms with E-state index in [0.29, 0.717) is 19.6 Å². The van der Waals surface area contributed by atoms with Crippen molar-refractivity contribution in [3.8, 4) is 0 Å². The molecular formula is C13H26N4O2S2. The summed E-state index contributed by atoms with van der Waals surface area (Å²) in [6, 6.07) is 0. The molecule has 2 rings (SSSR count). The highest BCUT2D eigenvalue weighted by molar-refractivity contribution is 7.99. The summed E-state index contributed by atoms with van der Waals surface area (Å²) >= 11 is 1.81. The third-order valence-electron chi connectivity index (χ3n) is 3.56. The first-order valence-electron chi connectivity index (χ1n) is 7.69. The number of sulfonamides is 1. The summed E-state index contributed by atoms with van der Waals surface area (Å²) in [4.78, 5) is 4.49. The van der Waals surface area contributed by atoms with Crippen LogP contribution in [0.25, 0.3) is 0 Å². The minimum atomic E-state index is -3.14. The molecule has 2 aliphatic rings. The number of hydrogen-bond donors (Lipinski definition) is 2. The van der Waals surface area contributed by atoms with E-state index >= 15 is 0 Å². The van der Waals surface area contributed by atoms with Crippen molar-refractivity contribution < 1.29 is 8.42 Å². The fourth-order valence-electron chi connectivity index (χ4n) is 2.11. The van der Waals surface area contributed by atoms with Gasteiger partial charge < -0.3 is 10.6 Å². The second-order valence-corrected chi connectivity index (χ2v) is 8.73. The van der Waals surface area contributed by atoms with Crippen LogP contribution in [0.5, 0.6) is 0 Å². The molecule has 0 unspecified atom stereocenters. The highest BCUT2D eigenvalue weighted by Crippen LogP contribution is 2.28. The molecule has 0 aromatic rings. The van der Waals surface area contributed by atoms with Crippen LogP contribution in [0.3, 0.4) is 0 Å². The SMILES string of the molecule is CCNC(=NCC1CC1)NCCS(=O)(=O)N1CCSCC1. The molecule has 2 N–H and O–H groups in total. The normalized spacial score (nSPS) is 21.3. The maximum absolute atomic E-state index is 12.2. The van der Waals surface area contributed by atoms with Crippen LogP contribution in [0, 0.1) is 5.92 Å². The quantitative estimate of drug-likeness (QED) is 0.518. The van der Waals surface area contributed by atoms with E-state index in [4.69, 9.17) is 0 Å². The minimum Gasteiger partial charge on any atom is -0.357 e. The van der Waals surface area contributed by atoms with E-state index in [1.807, 2.05) is 18.7 Å². The van der Waals surface area contributed by atoms with Gasteiger partial charge in [0.25, 0.3) is 0 Å². The van der Waals surface area contributed by atoms with Gasteiger partial charge in [-0.25, -0.2) is 12.7 Å². The Kier molecular flexibility index (Phi) is 6.63. The Hall–Kier alpha value is -0.470. The maximum Gasteiger partial charge on any atom is 0.215 e. The Morgan fingerprint density at radius 2 is 2.00 bits per heavy atom. The molecule has 122 valence electrons. The van der Waals surface area contributed by atoms with Crippen LogP contribution in [0.4, 0.5) is 0 Å². The third-order valence-corrected chi connectivity index (χ3v) is 6.38. The molecular weight excluding hydrogens is 308 g/mol. The van der Waals surface area contributed by atoms with Crippen LogP contribution in [0.1, 0.15) is 19.8 Å². The third kappa shape index (κ3) is 6.04. The molecule has 0 aromatic heterocycles. The molecule has 2 fully saturated rings. The maximum atomic E-state index is 12.2. The summed E-state index contributed by atoms with van der Waals surface area (Å²) < 4.78 is 26.0. The number of aliphatic imine (C=N–C) groups is 1. The molecule has 0 amide bonds. The van der Waals surface area contributed by atoms with Crippen LogP contribution >= 0.6 is 11.8 Å². The van der Waals surface area contributed by atoms with Gasteiger partial charge in [-0.2, -0.15) is 11.8 Å². The van der Waals surface area contributed by atoms with Crippen LogP contribution in [-0.2, 0) is 10.0 Å². The zero-order valence-corrected chi connectivity index (χ0v) is 14.3. The predicted molar refractivity (Wildman–Crippen MR) is 89.4 cm³/mol. The van der Waals surface area contributed by atoms with Gasteiger partial charge in [-0.1, -0.05) is 0 Å². The van der Waals surface area contributed by atoms with Crippen LogP contribution < -0.4 is 10.6 Å². The number of nitrogens with one attached hydrogen (secondary N) is 2. The van der Waals surface area contributed by atoms with E-state index in [0.717, 1.165) is 36.5 Å². The first-order valence-corrected chi connectivity index (χ1v) is 10.5. The summed E-state index contributed by atoms with van der Waals surface area (Å²) in [5.74, 6) is 3.39. The van der Waals surface area contributed by atoms with Gasteiger partial charge in [-0.05, 0) is 25.7 Å². The standard InChI is InChI=1S/C13H26N4O2S2/c1-2-14-13(16-11-12-3-4-12)15-5-10-21(18,19)17-6-8-20-9-7-17/h12H,2-11H2,1H3,(H2,14,15,16). The molecule has 21 heavy (non-hydrogen) atoms. The average molecular weight is 335 g/mol. The van der Waals surface area contributed by atoms with E-state index < -0.39 is 10.0 Å². The second-order valence-electron chi connectivity index (χ2n) is 5.42. The number of rotatable bonds is 7. The van der Waals surface area contributed by atoms with Crippen molar-refractivity contribution in [1.82, 2.24) is 14.9 Å². The van der Waals surface area contributed by atoms with Crippen molar-refractivity contribution in [2.45, 2.75) is 19.8 Å². The fourth-order valence-corrected chi connectivity index (χ4v) is 4.61. The molecule has 1 saturated carbocycles. The predicted octanol–water partition coefficient (Wildman–Crippen LogP) is 0.330. The van der Waals surface area contributed by atoms with Gasteiger partial charge in [0.05, 0.1) is 5.75 Å². The monoisotopic (exact) mass is 334 g/mol. The summed E-state index contributed by atoms with van der Waals surface area (Å²) in [5.41, 5.74) is 0. The van der Waals surface area contributed by atoms with Gasteiger partial charge in [-0.15, -0.1) is 0 Å². The van der Waals surface area contributed by atoms with Crippen molar-refractivity contribution in [3.63, 3.8) is 0 Å². The topological polar surface area (TPSA) is 73.8 Å². The van der Waals surface area contributed by atoms with Crippen LogP contribution in [-0.4, -0.2) is 68.7 Å². The Morgan fingerprint density at radius 3 is 2.62 bits per heavy atom. The molecule has 6 nitrogen and oxygen atoms in total. The molecule has 0 bridgehead atoms. The largest absolute Gasteiger partial charge is 0.357 e.